The topological polar surface area (TPSA) is 88.3 Å². The fraction of sp³-hybridized carbons (Fsp3) is 0.375. The Bertz CT molecular complexity index is 800. The number of amides is 1. The van der Waals surface area contributed by atoms with Gasteiger partial charge in [-0.25, -0.2) is 14.5 Å². The van der Waals surface area contributed by atoms with E-state index >= 15 is 0 Å². The molecule has 0 spiro atoms. The molecule has 2 aromatic rings. The predicted octanol–water partition coefficient (Wildman–Crippen LogP) is 2.34. The zero-order valence-electron chi connectivity index (χ0n) is 13.3. The summed E-state index contributed by atoms with van der Waals surface area (Å²) in [6.45, 7) is 1.44. The number of benzene rings is 1. The van der Waals surface area contributed by atoms with Crippen LogP contribution < -0.4 is 0 Å². The number of rotatable bonds is 5. The molecule has 1 amide bonds. The third kappa shape index (κ3) is 2.99. The van der Waals surface area contributed by atoms with Crippen LogP contribution in [-0.2, 0) is 4.79 Å². The first kappa shape index (κ1) is 16.4. The molecule has 1 N–H and O–H groups in total. The SMILES string of the molecule is C[C@H](C(=O)O)N(C)C(=O)c1nc(C2CC2)n(-c2ccccc2Cl)n1. The lowest BCUT2D eigenvalue weighted by Gasteiger charge is -2.19. The Morgan fingerprint density at radius 2 is 2.04 bits per heavy atom. The highest BCUT2D eigenvalue weighted by Gasteiger charge is 2.33. The first-order valence-electron chi connectivity index (χ1n) is 7.62. The number of nitrogens with zero attached hydrogens (tertiary/aromatic N) is 4. The van der Waals surface area contributed by atoms with E-state index in [0.29, 0.717) is 16.5 Å². The van der Waals surface area contributed by atoms with Crippen LogP contribution in [0.5, 0.6) is 0 Å². The van der Waals surface area contributed by atoms with Crippen molar-refractivity contribution in [2.24, 2.45) is 0 Å². The molecule has 1 aromatic carbocycles. The van der Waals surface area contributed by atoms with Crippen molar-refractivity contribution in [3.8, 4) is 5.69 Å². The lowest BCUT2D eigenvalue weighted by atomic mass is 10.3. The third-order valence-electron chi connectivity index (χ3n) is 4.11. The molecule has 1 saturated carbocycles. The molecule has 24 heavy (non-hydrogen) atoms. The van der Waals surface area contributed by atoms with Crippen LogP contribution in [0.25, 0.3) is 5.69 Å². The monoisotopic (exact) mass is 348 g/mol. The minimum Gasteiger partial charge on any atom is -0.480 e. The maximum atomic E-state index is 12.5. The summed E-state index contributed by atoms with van der Waals surface area (Å²) < 4.78 is 1.59. The highest BCUT2D eigenvalue weighted by molar-refractivity contribution is 6.32. The Kier molecular flexibility index (Phi) is 4.28. The highest BCUT2D eigenvalue weighted by Crippen LogP contribution is 2.40. The first-order chi connectivity index (χ1) is 11.4. The van der Waals surface area contributed by atoms with Crippen LogP contribution in [-0.4, -0.2) is 49.7 Å². The number of halogens is 1. The number of carbonyl (C=O) groups excluding carboxylic acids is 1. The average molecular weight is 349 g/mol. The molecule has 1 aromatic heterocycles. The smallest absolute Gasteiger partial charge is 0.326 e. The van der Waals surface area contributed by atoms with Crippen molar-refractivity contribution in [3.63, 3.8) is 0 Å². The van der Waals surface area contributed by atoms with Gasteiger partial charge in [0.15, 0.2) is 0 Å². The van der Waals surface area contributed by atoms with Crippen LogP contribution in [0.15, 0.2) is 24.3 Å². The van der Waals surface area contributed by atoms with E-state index in [1.54, 1.807) is 16.8 Å². The molecule has 0 saturated heterocycles. The molecule has 1 fully saturated rings. The molecule has 1 heterocycles. The molecule has 0 bridgehead atoms. The summed E-state index contributed by atoms with van der Waals surface area (Å²) in [7, 11) is 1.42. The highest BCUT2D eigenvalue weighted by atomic mass is 35.5. The summed E-state index contributed by atoms with van der Waals surface area (Å²) in [5, 5.41) is 13.9. The Labute approximate surface area is 143 Å². The molecule has 0 unspecified atom stereocenters. The van der Waals surface area contributed by atoms with E-state index < -0.39 is 17.9 Å². The standard InChI is InChI=1S/C16H17ClN4O3/c1-9(16(23)24)20(2)15(22)13-18-14(10-7-8-10)21(19-13)12-6-4-3-5-11(12)17/h3-6,9-10H,7-8H2,1-2H3,(H,23,24)/t9-/m1/s1. The normalized spacial score (nSPS) is 15.1. The van der Waals surface area contributed by atoms with Crippen LogP contribution in [0, 0.1) is 0 Å². The number of hydrogen-bond donors (Lipinski definition) is 1. The Balaban J connectivity index is 1.99. The maximum Gasteiger partial charge on any atom is 0.326 e. The average Bonchev–Trinajstić information content (AvgIpc) is 3.32. The Morgan fingerprint density at radius 3 is 2.62 bits per heavy atom. The van der Waals surface area contributed by atoms with E-state index in [0.717, 1.165) is 17.7 Å². The van der Waals surface area contributed by atoms with Crippen molar-refractivity contribution in [2.45, 2.75) is 31.7 Å². The fourth-order valence-corrected chi connectivity index (χ4v) is 2.54. The second-order valence-corrected chi connectivity index (χ2v) is 6.27. The summed E-state index contributed by atoms with van der Waals surface area (Å²) in [5.41, 5.74) is 0.654. The van der Waals surface area contributed by atoms with E-state index in [4.69, 9.17) is 16.7 Å². The van der Waals surface area contributed by atoms with Crippen LogP contribution in [0.4, 0.5) is 0 Å². The largest absolute Gasteiger partial charge is 0.480 e. The molecule has 8 heteroatoms. The third-order valence-corrected chi connectivity index (χ3v) is 4.42. The summed E-state index contributed by atoms with van der Waals surface area (Å²) in [6, 6.07) is 6.23. The summed E-state index contributed by atoms with van der Waals surface area (Å²) in [4.78, 5) is 29.1. The number of hydrogen-bond acceptors (Lipinski definition) is 4. The molecule has 0 radical (unpaired) electrons. The minimum atomic E-state index is -1.08. The van der Waals surface area contributed by atoms with Gasteiger partial charge in [0, 0.05) is 13.0 Å². The first-order valence-corrected chi connectivity index (χ1v) is 7.99. The second-order valence-electron chi connectivity index (χ2n) is 5.86. The van der Waals surface area contributed by atoms with Gasteiger partial charge < -0.3 is 10.0 Å². The van der Waals surface area contributed by atoms with Crippen molar-refractivity contribution in [3.05, 3.63) is 40.9 Å². The number of carbonyl (C=O) groups is 2. The van der Waals surface area contributed by atoms with Gasteiger partial charge in [0.05, 0.1) is 10.7 Å². The quantitative estimate of drug-likeness (QED) is 0.896. The molecule has 0 aliphatic heterocycles. The van der Waals surface area contributed by atoms with E-state index in [9.17, 15) is 9.59 Å². The van der Waals surface area contributed by atoms with Crippen molar-refractivity contribution in [1.82, 2.24) is 19.7 Å². The van der Waals surface area contributed by atoms with E-state index in [1.165, 1.54) is 14.0 Å². The van der Waals surface area contributed by atoms with Gasteiger partial charge in [-0.05, 0) is 31.9 Å². The lowest BCUT2D eigenvalue weighted by Crippen LogP contribution is -2.40. The fourth-order valence-electron chi connectivity index (χ4n) is 2.32. The summed E-state index contributed by atoms with van der Waals surface area (Å²) in [5.74, 6) is -0.704. The van der Waals surface area contributed by atoms with E-state index in [1.807, 2.05) is 12.1 Å². The number of carboxylic acid groups (broad SMARTS) is 1. The van der Waals surface area contributed by atoms with E-state index in [2.05, 4.69) is 10.1 Å². The van der Waals surface area contributed by atoms with Crippen molar-refractivity contribution in [1.29, 1.82) is 0 Å². The van der Waals surface area contributed by atoms with Crippen LogP contribution >= 0.6 is 11.6 Å². The van der Waals surface area contributed by atoms with Crippen LogP contribution in [0.2, 0.25) is 5.02 Å². The molecular weight excluding hydrogens is 332 g/mol. The molecule has 3 rings (SSSR count). The van der Waals surface area contributed by atoms with Gasteiger partial charge in [-0.15, -0.1) is 5.10 Å². The number of aliphatic carboxylic acids is 1. The number of carboxylic acids is 1. The molecule has 126 valence electrons. The van der Waals surface area contributed by atoms with Gasteiger partial charge in [0.25, 0.3) is 5.91 Å². The zero-order chi connectivity index (χ0) is 17.4. The van der Waals surface area contributed by atoms with Crippen molar-refractivity contribution >= 4 is 23.5 Å². The lowest BCUT2D eigenvalue weighted by molar-refractivity contribution is -0.141. The minimum absolute atomic E-state index is 0.0209. The van der Waals surface area contributed by atoms with Crippen LogP contribution in [0.3, 0.4) is 0 Å². The number of para-hydroxylation sites is 1. The molecule has 1 aliphatic rings. The zero-order valence-corrected chi connectivity index (χ0v) is 14.1. The molecular formula is C16H17ClN4O3. The van der Waals surface area contributed by atoms with Gasteiger partial charge in [-0.2, -0.15) is 0 Å². The summed E-state index contributed by atoms with van der Waals surface area (Å²) in [6.07, 6.45) is 1.97. The maximum absolute atomic E-state index is 12.5. The predicted molar refractivity (Wildman–Crippen MR) is 87.5 cm³/mol. The van der Waals surface area contributed by atoms with Crippen LogP contribution in [0.1, 0.15) is 42.1 Å². The van der Waals surface area contributed by atoms with Gasteiger partial charge >= 0.3 is 5.97 Å². The second kappa shape index (κ2) is 6.24. The Hall–Kier alpha value is -2.41. The molecule has 7 nitrogen and oxygen atoms in total. The summed E-state index contributed by atoms with van der Waals surface area (Å²) >= 11 is 6.24. The van der Waals surface area contributed by atoms with Gasteiger partial charge in [0.2, 0.25) is 5.82 Å². The molecule has 1 aliphatic carbocycles. The van der Waals surface area contributed by atoms with Gasteiger partial charge in [-0.3, -0.25) is 4.79 Å². The Morgan fingerprint density at radius 1 is 1.38 bits per heavy atom. The molecule has 1 atom stereocenters. The van der Waals surface area contributed by atoms with Gasteiger partial charge in [0.1, 0.15) is 11.9 Å². The van der Waals surface area contributed by atoms with Gasteiger partial charge in [-0.1, -0.05) is 23.7 Å². The van der Waals surface area contributed by atoms with Crippen molar-refractivity contribution in [2.75, 3.05) is 7.05 Å². The van der Waals surface area contributed by atoms with Crippen molar-refractivity contribution < 1.29 is 14.7 Å². The van der Waals surface area contributed by atoms with E-state index in [-0.39, 0.29) is 11.7 Å². The number of aromatic nitrogens is 3. The number of likely N-dealkylation sites (N-methyl/N-ethyl adjacent to an activating group) is 1.